The molecule has 94 valence electrons. The molecule has 0 spiro atoms. The summed E-state index contributed by atoms with van der Waals surface area (Å²) in [6.45, 7) is 4.73. The molecule has 0 atom stereocenters. The summed E-state index contributed by atoms with van der Waals surface area (Å²) in [6.07, 6.45) is 1.49. The number of benzene rings is 1. The minimum Gasteiger partial charge on any atom is -0.366 e. The first-order valence-electron chi connectivity index (χ1n) is 5.78. The molecule has 2 rings (SSSR count). The molecule has 0 fully saturated rings. The van der Waals surface area contributed by atoms with Gasteiger partial charge in [0.05, 0.1) is 0 Å². The molecule has 0 unspecified atom stereocenters. The number of aromatic nitrogens is 2. The molecule has 0 amide bonds. The van der Waals surface area contributed by atoms with Crippen molar-refractivity contribution in [3.63, 3.8) is 0 Å². The van der Waals surface area contributed by atoms with Crippen molar-refractivity contribution in [3.8, 4) is 0 Å². The van der Waals surface area contributed by atoms with Gasteiger partial charge in [0.15, 0.2) is 0 Å². The number of anilines is 2. The lowest BCUT2D eigenvalue weighted by atomic mass is 10.1. The Morgan fingerprint density at radius 2 is 1.94 bits per heavy atom. The molecule has 18 heavy (non-hydrogen) atoms. The van der Waals surface area contributed by atoms with Crippen molar-refractivity contribution in [2.75, 3.05) is 10.7 Å². The quantitative estimate of drug-likeness (QED) is 0.565. The summed E-state index contributed by atoms with van der Waals surface area (Å²) in [5, 5.41) is 3.28. The maximum atomic E-state index is 5.38. The Bertz CT molecular complexity index is 539. The number of nitrogen functional groups attached to an aromatic ring is 1. The highest BCUT2D eigenvalue weighted by molar-refractivity contribution is 5.55. The van der Waals surface area contributed by atoms with E-state index in [4.69, 9.17) is 5.84 Å². The Morgan fingerprint density at radius 1 is 1.17 bits per heavy atom. The summed E-state index contributed by atoms with van der Waals surface area (Å²) in [5.41, 5.74) is 5.93. The zero-order valence-electron chi connectivity index (χ0n) is 10.6. The van der Waals surface area contributed by atoms with E-state index in [0.717, 1.165) is 17.9 Å². The van der Waals surface area contributed by atoms with Gasteiger partial charge in [-0.3, -0.25) is 0 Å². The number of rotatable bonds is 4. The van der Waals surface area contributed by atoms with E-state index >= 15 is 0 Å². The third kappa shape index (κ3) is 2.75. The number of nitrogens with two attached hydrogens (primary N) is 1. The largest absolute Gasteiger partial charge is 0.366 e. The van der Waals surface area contributed by atoms with Crippen molar-refractivity contribution in [2.45, 2.75) is 20.4 Å². The van der Waals surface area contributed by atoms with E-state index in [1.54, 1.807) is 0 Å². The summed E-state index contributed by atoms with van der Waals surface area (Å²) in [4.78, 5) is 8.25. The molecule has 0 saturated carbocycles. The van der Waals surface area contributed by atoms with Crippen LogP contribution in [0, 0.1) is 13.8 Å². The van der Waals surface area contributed by atoms with Crippen LogP contribution < -0.4 is 16.6 Å². The van der Waals surface area contributed by atoms with E-state index in [1.807, 2.05) is 13.0 Å². The number of aryl methyl sites for hydroxylation is 1. The second kappa shape index (κ2) is 5.46. The molecule has 1 aromatic carbocycles. The van der Waals surface area contributed by atoms with Gasteiger partial charge >= 0.3 is 0 Å². The molecule has 0 aliphatic rings. The highest BCUT2D eigenvalue weighted by Gasteiger charge is 2.05. The highest BCUT2D eigenvalue weighted by atomic mass is 15.3. The van der Waals surface area contributed by atoms with Gasteiger partial charge in [0, 0.05) is 12.1 Å². The van der Waals surface area contributed by atoms with Gasteiger partial charge in [-0.05, 0) is 19.4 Å². The lowest BCUT2D eigenvalue weighted by molar-refractivity contribution is 1.05. The third-order valence-electron chi connectivity index (χ3n) is 2.76. The van der Waals surface area contributed by atoms with Crippen molar-refractivity contribution < 1.29 is 0 Å². The van der Waals surface area contributed by atoms with Crippen molar-refractivity contribution in [3.05, 3.63) is 47.3 Å². The van der Waals surface area contributed by atoms with Gasteiger partial charge in [0.25, 0.3) is 0 Å². The van der Waals surface area contributed by atoms with Gasteiger partial charge in [0.1, 0.15) is 18.0 Å². The molecule has 2 aromatic rings. The number of hydrogen-bond acceptors (Lipinski definition) is 5. The standard InChI is InChI=1S/C13H17N5/c1-9-4-3-5-11(6-9)7-15-12-10(2)13(18-14)17-8-16-12/h3-6,8H,7,14H2,1-2H3,(H2,15,16,17,18). The number of nitrogens with one attached hydrogen (secondary N) is 2. The fraction of sp³-hybridized carbons (Fsp3) is 0.231. The predicted molar refractivity (Wildman–Crippen MR) is 73.1 cm³/mol. The molecular weight excluding hydrogens is 226 g/mol. The Hall–Kier alpha value is -2.14. The van der Waals surface area contributed by atoms with Gasteiger partial charge in [-0.1, -0.05) is 29.8 Å². The summed E-state index contributed by atoms with van der Waals surface area (Å²) >= 11 is 0. The second-order valence-electron chi connectivity index (χ2n) is 4.18. The minimum absolute atomic E-state index is 0.636. The maximum Gasteiger partial charge on any atom is 0.148 e. The lowest BCUT2D eigenvalue weighted by Gasteiger charge is -2.11. The Kier molecular flexibility index (Phi) is 3.74. The smallest absolute Gasteiger partial charge is 0.148 e. The van der Waals surface area contributed by atoms with Crippen molar-refractivity contribution in [1.29, 1.82) is 0 Å². The van der Waals surface area contributed by atoms with Crippen LogP contribution in [-0.4, -0.2) is 9.97 Å². The van der Waals surface area contributed by atoms with Crippen LogP contribution in [0.1, 0.15) is 16.7 Å². The average molecular weight is 243 g/mol. The van der Waals surface area contributed by atoms with E-state index in [0.29, 0.717) is 5.82 Å². The highest BCUT2D eigenvalue weighted by Crippen LogP contribution is 2.17. The Balaban J connectivity index is 2.11. The molecule has 5 nitrogen and oxygen atoms in total. The Labute approximate surface area is 106 Å². The number of hydrazine groups is 1. The topological polar surface area (TPSA) is 75.9 Å². The molecule has 0 bridgehead atoms. The van der Waals surface area contributed by atoms with Crippen LogP contribution in [0.5, 0.6) is 0 Å². The van der Waals surface area contributed by atoms with Crippen LogP contribution in [0.3, 0.4) is 0 Å². The summed E-state index contributed by atoms with van der Waals surface area (Å²) in [5.74, 6) is 6.81. The molecule has 0 saturated heterocycles. The normalized spacial score (nSPS) is 10.2. The van der Waals surface area contributed by atoms with E-state index in [9.17, 15) is 0 Å². The number of hydrogen-bond donors (Lipinski definition) is 3. The molecular formula is C13H17N5. The van der Waals surface area contributed by atoms with Crippen LogP contribution in [0.4, 0.5) is 11.6 Å². The average Bonchev–Trinajstić information content (AvgIpc) is 2.38. The van der Waals surface area contributed by atoms with E-state index in [2.05, 4.69) is 45.8 Å². The van der Waals surface area contributed by atoms with Gasteiger partial charge < -0.3 is 10.7 Å². The Morgan fingerprint density at radius 3 is 2.67 bits per heavy atom. The van der Waals surface area contributed by atoms with Gasteiger partial charge in [-0.2, -0.15) is 0 Å². The molecule has 1 aromatic heterocycles. The summed E-state index contributed by atoms with van der Waals surface area (Å²) in [7, 11) is 0. The molecule has 0 aliphatic carbocycles. The van der Waals surface area contributed by atoms with Gasteiger partial charge in [0.2, 0.25) is 0 Å². The van der Waals surface area contributed by atoms with Crippen LogP contribution >= 0.6 is 0 Å². The van der Waals surface area contributed by atoms with E-state index < -0.39 is 0 Å². The molecule has 1 heterocycles. The SMILES string of the molecule is Cc1cccc(CNc2ncnc(NN)c2C)c1. The monoisotopic (exact) mass is 243 g/mol. The fourth-order valence-corrected chi connectivity index (χ4v) is 1.78. The first kappa shape index (κ1) is 12.3. The van der Waals surface area contributed by atoms with Crippen molar-refractivity contribution in [1.82, 2.24) is 9.97 Å². The van der Waals surface area contributed by atoms with Crippen LogP contribution in [-0.2, 0) is 6.54 Å². The van der Waals surface area contributed by atoms with Crippen LogP contribution in [0.15, 0.2) is 30.6 Å². The summed E-state index contributed by atoms with van der Waals surface area (Å²) in [6, 6.07) is 8.35. The molecule has 5 heteroatoms. The van der Waals surface area contributed by atoms with E-state index in [1.165, 1.54) is 17.5 Å². The molecule has 0 aliphatic heterocycles. The predicted octanol–water partition coefficient (Wildman–Crippen LogP) is 1.99. The minimum atomic E-state index is 0.636. The maximum absolute atomic E-state index is 5.38. The van der Waals surface area contributed by atoms with E-state index in [-0.39, 0.29) is 0 Å². The van der Waals surface area contributed by atoms with Gasteiger partial charge in [-0.25, -0.2) is 15.8 Å². The van der Waals surface area contributed by atoms with Crippen molar-refractivity contribution in [2.24, 2.45) is 5.84 Å². The lowest BCUT2D eigenvalue weighted by Crippen LogP contribution is -2.12. The van der Waals surface area contributed by atoms with Crippen LogP contribution in [0.25, 0.3) is 0 Å². The zero-order valence-corrected chi connectivity index (χ0v) is 10.6. The first-order valence-corrected chi connectivity index (χ1v) is 5.78. The van der Waals surface area contributed by atoms with Crippen LogP contribution in [0.2, 0.25) is 0 Å². The van der Waals surface area contributed by atoms with Gasteiger partial charge in [-0.15, -0.1) is 0 Å². The second-order valence-corrected chi connectivity index (χ2v) is 4.18. The zero-order chi connectivity index (χ0) is 13.0. The number of nitrogens with zero attached hydrogens (tertiary/aromatic N) is 2. The molecule has 0 radical (unpaired) electrons. The third-order valence-corrected chi connectivity index (χ3v) is 2.76. The summed E-state index contributed by atoms with van der Waals surface area (Å²) < 4.78 is 0. The fourth-order valence-electron chi connectivity index (χ4n) is 1.78. The van der Waals surface area contributed by atoms with Crippen molar-refractivity contribution >= 4 is 11.6 Å². The first-order chi connectivity index (χ1) is 8.70. The molecule has 4 N–H and O–H groups in total.